The molecule has 31 heavy (non-hydrogen) atoms. The van der Waals surface area contributed by atoms with Crippen molar-refractivity contribution in [2.45, 2.75) is 26.1 Å². The van der Waals surface area contributed by atoms with Gasteiger partial charge in [-0.05, 0) is 19.9 Å². The fraction of sp³-hybridized carbons (Fsp3) is 0.278. The molecule has 0 radical (unpaired) electrons. The van der Waals surface area contributed by atoms with Crippen molar-refractivity contribution >= 4 is 29.0 Å². The minimum atomic E-state index is -4.75. The molecule has 164 valence electrons. The van der Waals surface area contributed by atoms with E-state index in [4.69, 9.17) is 16.3 Å². The number of amides is 2. The number of pyridine rings is 2. The van der Waals surface area contributed by atoms with E-state index in [-0.39, 0.29) is 11.4 Å². The van der Waals surface area contributed by atoms with Gasteiger partial charge in [-0.25, -0.2) is 9.78 Å². The van der Waals surface area contributed by atoms with E-state index in [1.54, 1.807) is 13.8 Å². The van der Waals surface area contributed by atoms with Crippen molar-refractivity contribution in [1.82, 2.24) is 25.0 Å². The molecule has 0 aromatic carbocycles. The van der Waals surface area contributed by atoms with Crippen LogP contribution in [0, 0.1) is 6.92 Å². The first-order chi connectivity index (χ1) is 14.6. The summed E-state index contributed by atoms with van der Waals surface area (Å²) in [6.45, 7) is 3.42. The zero-order valence-electron chi connectivity index (χ0n) is 16.5. The van der Waals surface area contributed by atoms with Crippen LogP contribution in [-0.4, -0.2) is 38.1 Å². The molecule has 0 unspecified atom stereocenters. The molecule has 0 bridgehead atoms. The Morgan fingerprint density at radius 1 is 1.19 bits per heavy atom. The minimum Gasteiger partial charge on any atom is -0.377 e. The number of nitrogens with one attached hydrogen (secondary N) is 2. The molecule has 0 saturated carbocycles. The molecule has 3 aromatic heterocycles. The quantitative estimate of drug-likeness (QED) is 0.591. The molecule has 0 aliphatic heterocycles. The molecule has 3 aromatic rings. The van der Waals surface area contributed by atoms with Crippen LogP contribution in [0.2, 0.25) is 5.02 Å². The van der Waals surface area contributed by atoms with Gasteiger partial charge >= 0.3 is 12.2 Å². The Morgan fingerprint density at radius 3 is 2.48 bits per heavy atom. The van der Waals surface area contributed by atoms with Crippen LogP contribution in [0.5, 0.6) is 0 Å². The van der Waals surface area contributed by atoms with Gasteiger partial charge in [-0.3, -0.25) is 4.98 Å². The van der Waals surface area contributed by atoms with E-state index in [2.05, 4.69) is 30.8 Å². The number of hydrogen-bond acceptors (Lipinski definition) is 6. The van der Waals surface area contributed by atoms with Crippen molar-refractivity contribution in [3.63, 3.8) is 0 Å². The van der Waals surface area contributed by atoms with Gasteiger partial charge in [0.05, 0.1) is 53.0 Å². The summed E-state index contributed by atoms with van der Waals surface area (Å²) in [5.74, 6) is -0.519. The van der Waals surface area contributed by atoms with Crippen molar-refractivity contribution in [2.24, 2.45) is 0 Å². The Labute approximate surface area is 179 Å². The van der Waals surface area contributed by atoms with Crippen LogP contribution >= 0.6 is 11.6 Å². The summed E-state index contributed by atoms with van der Waals surface area (Å²) in [5, 5.41) is 12.5. The molecular weight excluding hydrogens is 439 g/mol. The van der Waals surface area contributed by atoms with Gasteiger partial charge < -0.3 is 15.4 Å². The van der Waals surface area contributed by atoms with Crippen LogP contribution in [0.3, 0.4) is 0 Å². The standard InChI is InChI=1S/C18H17ClF3N7O2/c1-9-15(19)14(10(2)31-3)13(8-23-9)28-17(30)27-11-6-12(18(20,21)22)16(24-7-11)29-25-4-5-26-29/h4-8,10H,1-3H3,(H2,27,28,30)/t10-/m1/s1. The maximum absolute atomic E-state index is 13.5. The van der Waals surface area contributed by atoms with Crippen LogP contribution < -0.4 is 10.6 Å². The van der Waals surface area contributed by atoms with E-state index >= 15 is 0 Å². The number of nitrogens with zero attached hydrogens (tertiary/aromatic N) is 5. The first-order valence-corrected chi connectivity index (χ1v) is 9.19. The van der Waals surface area contributed by atoms with Gasteiger partial charge in [0, 0.05) is 12.7 Å². The number of carbonyl (C=O) groups excluding carboxylic acids is 1. The molecule has 0 aliphatic carbocycles. The summed E-state index contributed by atoms with van der Waals surface area (Å²) in [5.41, 5.74) is -0.0262. The zero-order chi connectivity index (χ0) is 22.8. The molecule has 2 amide bonds. The lowest BCUT2D eigenvalue weighted by molar-refractivity contribution is -0.137. The smallest absolute Gasteiger partial charge is 0.377 e. The van der Waals surface area contributed by atoms with Gasteiger partial charge in [-0.1, -0.05) is 11.6 Å². The normalized spacial score (nSPS) is 12.5. The summed E-state index contributed by atoms with van der Waals surface area (Å²) in [6.07, 6.45) is -0.325. The van der Waals surface area contributed by atoms with Gasteiger partial charge in [0.25, 0.3) is 0 Å². The predicted octanol–water partition coefficient (Wildman–Crippen LogP) is 4.39. The first-order valence-electron chi connectivity index (χ1n) is 8.81. The third-order valence-electron chi connectivity index (χ3n) is 4.28. The van der Waals surface area contributed by atoms with E-state index in [0.717, 1.165) is 17.1 Å². The molecule has 13 heteroatoms. The number of rotatable bonds is 5. The molecule has 0 fully saturated rings. The molecule has 9 nitrogen and oxygen atoms in total. The monoisotopic (exact) mass is 455 g/mol. The first kappa shape index (κ1) is 22.4. The van der Waals surface area contributed by atoms with Crippen molar-refractivity contribution in [3.8, 4) is 5.82 Å². The topological polar surface area (TPSA) is 107 Å². The number of hydrogen-bond donors (Lipinski definition) is 2. The molecule has 0 spiro atoms. The Kier molecular flexibility index (Phi) is 6.41. The Balaban J connectivity index is 1.87. The number of ether oxygens (including phenoxy) is 1. The van der Waals surface area contributed by atoms with Gasteiger partial charge in [-0.2, -0.15) is 23.4 Å². The zero-order valence-corrected chi connectivity index (χ0v) is 17.3. The third-order valence-corrected chi connectivity index (χ3v) is 4.76. The second-order valence-corrected chi connectivity index (χ2v) is 6.73. The average Bonchev–Trinajstić information content (AvgIpc) is 3.24. The number of anilines is 2. The van der Waals surface area contributed by atoms with Crippen LogP contribution in [0.4, 0.5) is 29.3 Å². The Bertz CT molecular complexity index is 1090. The second-order valence-electron chi connectivity index (χ2n) is 6.35. The van der Waals surface area contributed by atoms with Crippen LogP contribution in [0.25, 0.3) is 5.82 Å². The predicted molar refractivity (Wildman–Crippen MR) is 106 cm³/mol. The highest BCUT2D eigenvalue weighted by atomic mass is 35.5. The molecule has 2 N–H and O–H groups in total. The minimum absolute atomic E-state index is 0.187. The Morgan fingerprint density at radius 2 is 1.87 bits per heavy atom. The number of alkyl halides is 3. The number of aromatic nitrogens is 5. The number of halogens is 4. The lowest BCUT2D eigenvalue weighted by Gasteiger charge is -2.19. The summed E-state index contributed by atoms with van der Waals surface area (Å²) >= 11 is 6.29. The maximum Gasteiger partial charge on any atom is 0.420 e. The SMILES string of the molecule is CO[C@H](C)c1c(NC(=O)Nc2cnc(-n3nccn3)c(C(F)(F)F)c2)cnc(C)c1Cl. The number of aryl methyl sites for hydroxylation is 1. The van der Waals surface area contributed by atoms with Crippen LogP contribution in [0.1, 0.15) is 29.8 Å². The molecule has 3 heterocycles. The van der Waals surface area contributed by atoms with Crippen LogP contribution in [-0.2, 0) is 10.9 Å². The second kappa shape index (κ2) is 8.86. The summed E-state index contributed by atoms with van der Waals surface area (Å²) in [4.78, 5) is 21.0. The van der Waals surface area contributed by atoms with Crippen molar-refractivity contribution in [1.29, 1.82) is 0 Å². The van der Waals surface area contributed by atoms with Gasteiger partial charge in [0.2, 0.25) is 0 Å². The van der Waals surface area contributed by atoms with E-state index < -0.39 is 29.7 Å². The molecule has 0 saturated heterocycles. The average molecular weight is 456 g/mol. The third kappa shape index (κ3) is 4.91. The molecule has 1 atom stereocenters. The highest BCUT2D eigenvalue weighted by Crippen LogP contribution is 2.35. The fourth-order valence-electron chi connectivity index (χ4n) is 2.72. The molecular formula is C18H17ClF3N7O2. The van der Waals surface area contributed by atoms with E-state index in [9.17, 15) is 18.0 Å². The van der Waals surface area contributed by atoms with E-state index in [0.29, 0.717) is 16.3 Å². The highest BCUT2D eigenvalue weighted by Gasteiger charge is 2.36. The lowest BCUT2D eigenvalue weighted by atomic mass is 10.1. The summed E-state index contributed by atoms with van der Waals surface area (Å²) < 4.78 is 45.8. The summed E-state index contributed by atoms with van der Waals surface area (Å²) in [6, 6.07) is -0.0733. The van der Waals surface area contributed by atoms with Crippen LogP contribution in [0.15, 0.2) is 30.9 Å². The summed E-state index contributed by atoms with van der Waals surface area (Å²) in [7, 11) is 1.47. The maximum atomic E-state index is 13.5. The highest BCUT2D eigenvalue weighted by molar-refractivity contribution is 6.32. The number of carbonyl (C=O) groups is 1. The Hall–Kier alpha value is -3.25. The number of urea groups is 1. The lowest BCUT2D eigenvalue weighted by Crippen LogP contribution is -2.22. The van der Waals surface area contributed by atoms with Gasteiger partial charge in [0.15, 0.2) is 5.82 Å². The van der Waals surface area contributed by atoms with Crippen molar-refractivity contribution < 1.29 is 22.7 Å². The van der Waals surface area contributed by atoms with Gasteiger partial charge in [-0.15, -0.1) is 4.80 Å². The molecule has 3 rings (SSSR count). The molecule has 0 aliphatic rings. The van der Waals surface area contributed by atoms with Crippen molar-refractivity contribution in [3.05, 3.63) is 52.7 Å². The van der Waals surface area contributed by atoms with E-state index in [1.165, 1.54) is 25.7 Å². The number of methoxy groups -OCH3 is 1. The fourth-order valence-corrected chi connectivity index (χ4v) is 3.02. The van der Waals surface area contributed by atoms with Crippen molar-refractivity contribution in [2.75, 3.05) is 17.7 Å². The largest absolute Gasteiger partial charge is 0.420 e. The van der Waals surface area contributed by atoms with E-state index in [1.807, 2.05) is 0 Å². The van der Waals surface area contributed by atoms with Gasteiger partial charge in [0.1, 0.15) is 5.56 Å².